The molecule has 30 heavy (non-hydrogen) atoms. The zero-order chi connectivity index (χ0) is 20.6. The number of thioether (sulfide) groups is 1. The number of aromatic nitrogens is 4. The highest BCUT2D eigenvalue weighted by atomic mass is 32.2. The number of nitrogens with zero attached hydrogens (tertiary/aromatic N) is 5. The molecule has 4 rings (SSSR count). The number of hydrazone groups is 1. The predicted octanol–water partition coefficient (Wildman–Crippen LogP) is 3.57. The zero-order valence-electron chi connectivity index (χ0n) is 15.9. The van der Waals surface area contributed by atoms with E-state index in [1.807, 2.05) is 71.3 Å². The van der Waals surface area contributed by atoms with Gasteiger partial charge in [-0.15, -0.1) is 10.2 Å². The molecule has 7 nitrogen and oxygen atoms in total. The standard InChI is InChI=1S/C22H18N6OS/c29-20(25-24-15-17-8-7-13-23-14-17)16-30-22-27-26-21(18-9-3-1-4-10-18)28(22)19-11-5-2-6-12-19/h1-15H,16H2,(H,25,29)/b24-15-. The number of para-hydroxylation sites is 1. The molecule has 0 saturated carbocycles. The van der Waals surface area contributed by atoms with Crippen molar-refractivity contribution in [2.75, 3.05) is 5.75 Å². The second-order valence-corrected chi connectivity index (χ2v) is 7.15. The molecule has 0 aliphatic carbocycles. The largest absolute Gasteiger partial charge is 0.272 e. The van der Waals surface area contributed by atoms with E-state index in [2.05, 4.69) is 25.7 Å². The van der Waals surface area contributed by atoms with Crippen LogP contribution in [-0.4, -0.2) is 37.6 Å². The molecule has 0 atom stereocenters. The molecule has 0 aliphatic heterocycles. The van der Waals surface area contributed by atoms with Gasteiger partial charge in [-0.05, 0) is 18.2 Å². The first kappa shape index (κ1) is 19.5. The van der Waals surface area contributed by atoms with Crippen molar-refractivity contribution in [1.29, 1.82) is 0 Å². The average Bonchev–Trinajstić information content (AvgIpc) is 3.23. The van der Waals surface area contributed by atoms with Crippen LogP contribution in [0.5, 0.6) is 0 Å². The molecule has 2 aromatic heterocycles. The molecule has 0 radical (unpaired) electrons. The summed E-state index contributed by atoms with van der Waals surface area (Å²) in [6.45, 7) is 0. The molecule has 1 amide bonds. The van der Waals surface area contributed by atoms with Crippen LogP contribution in [0.2, 0.25) is 0 Å². The van der Waals surface area contributed by atoms with Gasteiger partial charge in [-0.25, -0.2) is 5.43 Å². The normalized spacial score (nSPS) is 10.9. The van der Waals surface area contributed by atoms with Gasteiger partial charge >= 0.3 is 0 Å². The lowest BCUT2D eigenvalue weighted by Crippen LogP contribution is -2.20. The van der Waals surface area contributed by atoms with Crippen LogP contribution >= 0.6 is 11.8 Å². The number of hydrogen-bond donors (Lipinski definition) is 1. The molecular weight excluding hydrogens is 396 g/mol. The van der Waals surface area contributed by atoms with Crippen molar-refractivity contribution in [3.05, 3.63) is 90.8 Å². The zero-order valence-corrected chi connectivity index (χ0v) is 16.7. The van der Waals surface area contributed by atoms with Crippen molar-refractivity contribution in [2.24, 2.45) is 5.10 Å². The molecule has 0 saturated heterocycles. The first-order chi connectivity index (χ1) is 14.8. The summed E-state index contributed by atoms with van der Waals surface area (Å²) in [7, 11) is 0. The summed E-state index contributed by atoms with van der Waals surface area (Å²) >= 11 is 1.30. The molecule has 0 bridgehead atoms. The number of pyridine rings is 1. The molecule has 0 unspecified atom stereocenters. The van der Waals surface area contributed by atoms with E-state index in [4.69, 9.17) is 0 Å². The first-order valence-electron chi connectivity index (χ1n) is 9.22. The Morgan fingerprint density at radius 2 is 1.77 bits per heavy atom. The second-order valence-electron chi connectivity index (χ2n) is 6.21. The number of benzene rings is 2. The van der Waals surface area contributed by atoms with Gasteiger partial charge in [0.05, 0.1) is 12.0 Å². The summed E-state index contributed by atoms with van der Waals surface area (Å²) < 4.78 is 1.95. The van der Waals surface area contributed by atoms with Gasteiger partial charge in [0, 0.05) is 29.2 Å². The van der Waals surface area contributed by atoms with Gasteiger partial charge in [0.25, 0.3) is 5.91 Å². The number of hydrogen-bond acceptors (Lipinski definition) is 6. The molecule has 0 spiro atoms. The van der Waals surface area contributed by atoms with E-state index in [1.54, 1.807) is 24.7 Å². The molecule has 2 aromatic carbocycles. The molecule has 0 fully saturated rings. The first-order valence-corrected chi connectivity index (χ1v) is 10.2. The van der Waals surface area contributed by atoms with Crippen LogP contribution in [0.4, 0.5) is 0 Å². The summed E-state index contributed by atoms with van der Waals surface area (Å²) in [5, 5.41) is 13.3. The smallest absolute Gasteiger partial charge is 0.250 e. The second kappa shape index (κ2) is 9.62. The third-order valence-corrected chi connectivity index (χ3v) is 5.03. The van der Waals surface area contributed by atoms with Crippen molar-refractivity contribution in [3.8, 4) is 17.1 Å². The molecule has 2 heterocycles. The number of rotatable bonds is 7. The maximum Gasteiger partial charge on any atom is 0.250 e. The van der Waals surface area contributed by atoms with Crippen molar-refractivity contribution in [1.82, 2.24) is 25.2 Å². The predicted molar refractivity (Wildman–Crippen MR) is 117 cm³/mol. The number of amides is 1. The summed E-state index contributed by atoms with van der Waals surface area (Å²) in [6.07, 6.45) is 4.90. The quantitative estimate of drug-likeness (QED) is 0.284. The van der Waals surface area contributed by atoms with E-state index in [0.29, 0.717) is 5.16 Å². The maximum absolute atomic E-state index is 12.2. The van der Waals surface area contributed by atoms with Gasteiger partial charge in [0.1, 0.15) is 0 Å². The lowest BCUT2D eigenvalue weighted by atomic mass is 10.2. The van der Waals surface area contributed by atoms with Gasteiger partial charge in [0.15, 0.2) is 11.0 Å². The molecular formula is C22H18N6OS. The Morgan fingerprint density at radius 1 is 1.00 bits per heavy atom. The van der Waals surface area contributed by atoms with Gasteiger partial charge in [-0.3, -0.25) is 14.3 Å². The van der Waals surface area contributed by atoms with E-state index in [0.717, 1.165) is 22.6 Å². The van der Waals surface area contributed by atoms with Gasteiger partial charge < -0.3 is 0 Å². The Morgan fingerprint density at radius 3 is 2.50 bits per heavy atom. The van der Waals surface area contributed by atoms with Gasteiger partial charge in [0.2, 0.25) is 0 Å². The van der Waals surface area contributed by atoms with E-state index in [9.17, 15) is 4.79 Å². The van der Waals surface area contributed by atoms with E-state index in [-0.39, 0.29) is 11.7 Å². The number of nitrogens with one attached hydrogen (secondary N) is 1. The molecule has 0 aliphatic rings. The summed E-state index contributed by atoms with van der Waals surface area (Å²) in [6, 6.07) is 23.3. The summed E-state index contributed by atoms with van der Waals surface area (Å²) in [4.78, 5) is 16.2. The van der Waals surface area contributed by atoms with Crippen molar-refractivity contribution < 1.29 is 4.79 Å². The molecule has 4 aromatic rings. The number of carbonyl (C=O) groups is 1. The molecule has 1 N–H and O–H groups in total. The fraction of sp³-hybridized carbons (Fsp3) is 0.0455. The van der Waals surface area contributed by atoms with Crippen LogP contribution in [0, 0.1) is 0 Å². The third-order valence-electron chi connectivity index (χ3n) is 4.10. The monoisotopic (exact) mass is 414 g/mol. The fourth-order valence-electron chi connectivity index (χ4n) is 2.74. The number of carbonyl (C=O) groups excluding carboxylic acids is 1. The minimum Gasteiger partial charge on any atom is -0.272 e. The maximum atomic E-state index is 12.2. The highest BCUT2D eigenvalue weighted by Gasteiger charge is 2.16. The van der Waals surface area contributed by atoms with Crippen molar-refractivity contribution in [3.63, 3.8) is 0 Å². The highest BCUT2D eigenvalue weighted by Crippen LogP contribution is 2.27. The van der Waals surface area contributed by atoms with E-state index in [1.165, 1.54) is 11.8 Å². The van der Waals surface area contributed by atoms with Crippen molar-refractivity contribution in [2.45, 2.75) is 5.16 Å². The van der Waals surface area contributed by atoms with Crippen LogP contribution in [-0.2, 0) is 4.79 Å². The molecule has 148 valence electrons. The van der Waals surface area contributed by atoms with Gasteiger partial charge in [-0.1, -0.05) is 66.4 Å². The SMILES string of the molecule is O=C(CSc1nnc(-c2ccccc2)n1-c1ccccc1)N/N=C\c1cccnc1. The topological polar surface area (TPSA) is 85.1 Å². The van der Waals surface area contributed by atoms with Crippen LogP contribution in [0.3, 0.4) is 0 Å². The minimum atomic E-state index is -0.232. The Labute approximate surface area is 177 Å². The average molecular weight is 414 g/mol. The fourth-order valence-corrected chi connectivity index (χ4v) is 3.49. The van der Waals surface area contributed by atoms with Crippen molar-refractivity contribution >= 4 is 23.9 Å². The van der Waals surface area contributed by atoms with E-state index < -0.39 is 0 Å². The molecule has 8 heteroatoms. The van der Waals surface area contributed by atoms with Crippen LogP contribution in [0.25, 0.3) is 17.1 Å². The minimum absolute atomic E-state index is 0.157. The lowest BCUT2D eigenvalue weighted by molar-refractivity contribution is -0.118. The van der Waals surface area contributed by atoms with Crippen LogP contribution in [0.1, 0.15) is 5.56 Å². The third kappa shape index (κ3) is 4.79. The Bertz CT molecular complexity index is 1130. The Kier molecular flexibility index (Phi) is 6.26. The van der Waals surface area contributed by atoms with E-state index >= 15 is 0 Å². The van der Waals surface area contributed by atoms with Crippen LogP contribution < -0.4 is 5.43 Å². The summed E-state index contributed by atoms with van der Waals surface area (Å²) in [5.74, 6) is 0.646. The lowest BCUT2D eigenvalue weighted by Gasteiger charge is -2.10. The van der Waals surface area contributed by atoms with Crippen LogP contribution in [0.15, 0.2) is 95.4 Å². The summed E-state index contributed by atoms with van der Waals surface area (Å²) in [5.41, 5.74) is 5.21. The Hall–Kier alpha value is -3.78. The Balaban J connectivity index is 1.49. The highest BCUT2D eigenvalue weighted by molar-refractivity contribution is 7.99. The van der Waals surface area contributed by atoms with Gasteiger partial charge in [-0.2, -0.15) is 5.10 Å².